The Hall–Kier alpha value is -2.04. The van der Waals surface area contributed by atoms with E-state index < -0.39 is 17.6 Å². The van der Waals surface area contributed by atoms with Gasteiger partial charge in [-0.25, -0.2) is 14.5 Å². The van der Waals surface area contributed by atoms with Crippen LogP contribution in [-0.2, 0) is 0 Å². The summed E-state index contributed by atoms with van der Waals surface area (Å²) in [5.41, 5.74) is 6.16. The second kappa shape index (κ2) is 5.08. The molecule has 18 heavy (non-hydrogen) atoms. The largest absolute Gasteiger partial charge is 0.351 e. The van der Waals surface area contributed by atoms with Crippen molar-refractivity contribution in [1.82, 2.24) is 4.90 Å². The van der Waals surface area contributed by atoms with E-state index in [9.17, 15) is 9.59 Å². The zero-order valence-corrected chi connectivity index (χ0v) is 11.2. The molecule has 0 aliphatic heterocycles. The van der Waals surface area contributed by atoms with Crippen molar-refractivity contribution in [3.8, 4) is 0 Å². The van der Waals surface area contributed by atoms with Crippen molar-refractivity contribution in [3.63, 3.8) is 0 Å². The molecule has 0 atom stereocenters. The summed E-state index contributed by atoms with van der Waals surface area (Å²) in [5.74, 6) is 0. The fourth-order valence-corrected chi connectivity index (χ4v) is 1.62. The number of anilines is 1. The van der Waals surface area contributed by atoms with Crippen LogP contribution in [0, 0.1) is 6.92 Å². The Morgan fingerprint density at radius 1 is 1.22 bits per heavy atom. The fourth-order valence-electron chi connectivity index (χ4n) is 1.62. The number of hydrogen-bond donors (Lipinski definition) is 2. The molecule has 0 aliphatic rings. The van der Waals surface area contributed by atoms with Crippen LogP contribution in [0.25, 0.3) is 0 Å². The maximum Gasteiger partial charge on any atom is 0.330 e. The zero-order chi connectivity index (χ0) is 13.9. The molecule has 0 bridgehead atoms. The SMILES string of the molecule is Cc1ccccc1NC(=O)N(C(N)=O)C(C)(C)C. The van der Waals surface area contributed by atoms with Crippen LogP contribution >= 0.6 is 0 Å². The van der Waals surface area contributed by atoms with Gasteiger partial charge in [-0.2, -0.15) is 0 Å². The molecule has 0 spiro atoms. The Labute approximate surface area is 107 Å². The van der Waals surface area contributed by atoms with Crippen molar-refractivity contribution in [3.05, 3.63) is 29.8 Å². The first kappa shape index (κ1) is 14.0. The van der Waals surface area contributed by atoms with Gasteiger partial charge in [0.25, 0.3) is 0 Å². The highest BCUT2D eigenvalue weighted by atomic mass is 16.2. The molecule has 0 aliphatic carbocycles. The van der Waals surface area contributed by atoms with Crippen LogP contribution in [0.15, 0.2) is 24.3 Å². The van der Waals surface area contributed by atoms with Gasteiger partial charge in [0.05, 0.1) is 0 Å². The first-order valence-corrected chi connectivity index (χ1v) is 5.70. The van der Waals surface area contributed by atoms with Gasteiger partial charge in [-0.15, -0.1) is 0 Å². The number of carbonyl (C=O) groups is 2. The van der Waals surface area contributed by atoms with E-state index in [0.717, 1.165) is 10.5 Å². The molecular weight excluding hydrogens is 230 g/mol. The molecule has 1 aromatic rings. The molecule has 1 aromatic carbocycles. The summed E-state index contributed by atoms with van der Waals surface area (Å²) in [5, 5.41) is 2.68. The third-order valence-corrected chi connectivity index (χ3v) is 2.48. The number of primary amides is 1. The minimum absolute atomic E-state index is 0.524. The maximum absolute atomic E-state index is 12.1. The molecule has 4 amide bonds. The summed E-state index contributed by atoms with van der Waals surface area (Å²) in [6.07, 6.45) is 0. The molecular formula is C13H19N3O2. The van der Waals surface area contributed by atoms with E-state index in [1.165, 1.54) is 0 Å². The smallest absolute Gasteiger partial charge is 0.330 e. The average molecular weight is 249 g/mol. The lowest BCUT2D eigenvalue weighted by Gasteiger charge is -2.32. The molecule has 1 rings (SSSR count). The molecule has 0 fully saturated rings. The van der Waals surface area contributed by atoms with Gasteiger partial charge in [-0.05, 0) is 39.3 Å². The summed E-state index contributed by atoms with van der Waals surface area (Å²) in [7, 11) is 0. The van der Waals surface area contributed by atoms with Gasteiger partial charge in [-0.3, -0.25) is 0 Å². The highest BCUT2D eigenvalue weighted by Gasteiger charge is 2.31. The van der Waals surface area contributed by atoms with Gasteiger partial charge in [0.2, 0.25) is 0 Å². The predicted molar refractivity (Wildman–Crippen MR) is 71.4 cm³/mol. The Morgan fingerprint density at radius 2 is 1.78 bits per heavy atom. The molecule has 0 radical (unpaired) electrons. The third-order valence-electron chi connectivity index (χ3n) is 2.48. The van der Waals surface area contributed by atoms with E-state index >= 15 is 0 Å². The summed E-state index contributed by atoms with van der Waals surface area (Å²) in [4.78, 5) is 24.4. The predicted octanol–water partition coefficient (Wildman–Crippen LogP) is 2.71. The van der Waals surface area contributed by atoms with Crippen molar-refractivity contribution in [1.29, 1.82) is 0 Å². The lowest BCUT2D eigenvalue weighted by Crippen LogP contribution is -2.53. The van der Waals surface area contributed by atoms with Gasteiger partial charge in [-0.1, -0.05) is 18.2 Å². The number of amides is 4. The summed E-state index contributed by atoms with van der Waals surface area (Å²) in [6, 6.07) is 6.04. The third kappa shape index (κ3) is 3.23. The molecule has 0 heterocycles. The van der Waals surface area contributed by atoms with Crippen molar-refractivity contribution in [2.75, 3.05) is 5.32 Å². The summed E-state index contributed by atoms with van der Waals surface area (Å²) in [6.45, 7) is 7.11. The van der Waals surface area contributed by atoms with Crippen LogP contribution in [0.5, 0.6) is 0 Å². The van der Waals surface area contributed by atoms with Crippen LogP contribution in [0.2, 0.25) is 0 Å². The number of para-hydroxylation sites is 1. The molecule has 0 saturated carbocycles. The monoisotopic (exact) mass is 249 g/mol. The van der Waals surface area contributed by atoms with Gasteiger partial charge in [0.15, 0.2) is 0 Å². The molecule has 0 aromatic heterocycles. The first-order chi connectivity index (χ1) is 8.23. The minimum atomic E-state index is -0.770. The standard InChI is InChI=1S/C13H19N3O2/c1-9-7-5-6-8-10(9)15-12(18)16(11(14)17)13(2,3)4/h5-8H,1-4H3,(H2,14,17)(H,15,18). The van der Waals surface area contributed by atoms with Crippen LogP contribution in [0.1, 0.15) is 26.3 Å². The number of rotatable bonds is 1. The number of nitrogens with zero attached hydrogens (tertiary/aromatic N) is 1. The Balaban J connectivity index is 2.94. The lowest BCUT2D eigenvalue weighted by molar-refractivity contribution is 0.163. The lowest BCUT2D eigenvalue weighted by atomic mass is 10.1. The van der Waals surface area contributed by atoms with Crippen LogP contribution in [0.4, 0.5) is 15.3 Å². The van der Waals surface area contributed by atoms with Gasteiger partial charge in [0.1, 0.15) is 0 Å². The number of urea groups is 2. The first-order valence-electron chi connectivity index (χ1n) is 5.70. The Bertz CT molecular complexity index is 464. The summed E-state index contributed by atoms with van der Waals surface area (Å²) < 4.78 is 0. The average Bonchev–Trinajstić information content (AvgIpc) is 2.18. The van der Waals surface area contributed by atoms with Gasteiger partial charge < -0.3 is 11.1 Å². The van der Waals surface area contributed by atoms with Crippen molar-refractivity contribution in [2.24, 2.45) is 5.73 Å². The number of imide groups is 1. The number of benzene rings is 1. The van der Waals surface area contributed by atoms with Crippen molar-refractivity contribution in [2.45, 2.75) is 33.2 Å². The van der Waals surface area contributed by atoms with E-state index in [0.29, 0.717) is 5.69 Å². The van der Waals surface area contributed by atoms with E-state index in [-0.39, 0.29) is 0 Å². The van der Waals surface area contributed by atoms with E-state index in [4.69, 9.17) is 5.73 Å². The molecule has 0 saturated heterocycles. The second-order valence-electron chi connectivity index (χ2n) is 5.09. The van der Waals surface area contributed by atoms with E-state index in [1.54, 1.807) is 26.8 Å². The molecule has 98 valence electrons. The van der Waals surface area contributed by atoms with Crippen LogP contribution in [0.3, 0.4) is 0 Å². The molecule has 3 N–H and O–H groups in total. The van der Waals surface area contributed by atoms with Gasteiger partial charge >= 0.3 is 12.1 Å². The van der Waals surface area contributed by atoms with Crippen molar-refractivity contribution < 1.29 is 9.59 Å². The summed E-state index contributed by atoms with van der Waals surface area (Å²) >= 11 is 0. The molecule has 5 heteroatoms. The van der Waals surface area contributed by atoms with Crippen LogP contribution < -0.4 is 11.1 Å². The Kier molecular flexibility index (Phi) is 3.96. The quantitative estimate of drug-likeness (QED) is 0.802. The highest BCUT2D eigenvalue weighted by molar-refractivity contribution is 6.01. The number of nitrogens with two attached hydrogens (primary N) is 1. The highest BCUT2D eigenvalue weighted by Crippen LogP contribution is 2.18. The topological polar surface area (TPSA) is 75.4 Å². The Morgan fingerprint density at radius 3 is 2.22 bits per heavy atom. The maximum atomic E-state index is 12.1. The number of hydrogen-bond acceptors (Lipinski definition) is 2. The zero-order valence-electron chi connectivity index (χ0n) is 11.2. The van der Waals surface area contributed by atoms with E-state index in [1.807, 2.05) is 25.1 Å². The van der Waals surface area contributed by atoms with Gasteiger partial charge in [0, 0.05) is 11.2 Å². The fraction of sp³-hybridized carbons (Fsp3) is 0.385. The number of carbonyl (C=O) groups excluding carboxylic acids is 2. The normalized spacial score (nSPS) is 10.9. The van der Waals surface area contributed by atoms with E-state index in [2.05, 4.69) is 5.32 Å². The molecule has 5 nitrogen and oxygen atoms in total. The second-order valence-corrected chi connectivity index (χ2v) is 5.09. The minimum Gasteiger partial charge on any atom is -0.351 e. The number of nitrogens with one attached hydrogen (secondary N) is 1. The molecule has 0 unspecified atom stereocenters. The van der Waals surface area contributed by atoms with Crippen molar-refractivity contribution >= 4 is 17.7 Å². The van der Waals surface area contributed by atoms with Crippen LogP contribution in [-0.4, -0.2) is 22.5 Å². The number of aryl methyl sites for hydroxylation is 1.